The topological polar surface area (TPSA) is 63.5 Å². The predicted molar refractivity (Wildman–Crippen MR) is 85.1 cm³/mol. The summed E-state index contributed by atoms with van der Waals surface area (Å²) in [7, 11) is -3.53. The minimum Gasteiger partial charge on any atom is -0.241 e. The van der Waals surface area contributed by atoms with Gasteiger partial charge in [0.2, 0.25) is 10.0 Å². The van der Waals surface area contributed by atoms with E-state index in [1.807, 2.05) is 44.3 Å². The van der Waals surface area contributed by atoms with Gasteiger partial charge in [0.1, 0.15) is 0 Å². The van der Waals surface area contributed by atoms with Crippen LogP contribution in [-0.2, 0) is 16.6 Å². The van der Waals surface area contributed by atoms with E-state index in [1.165, 1.54) is 0 Å². The molecule has 22 heavy (non-hydrogen) atoms. The number of fused-ring (bicyclic) bond motifs is 1. The van der Waals surface area contributed by atoms with E-state index in [-0.39, 0.29) is 11.4 Å². The number of aryl methyl sites for hydroxylation is 2. The molecule has 0 fully saturated rings. The molecule has 0 aliphatic heterocycles. The molecule has 0 aliphatic carbocycles. The summed E-state index contributed by atoms with van der Waals surface area (Å²) in [6.45, 7) is 4.07. The van der Waals surface area contributed by atoms with Crippen LogP contribution in [0.15, 0.2) is 53.7 Å². The van der Waals surface area contributed by atoms with Crippen molar-refractivity contribution in [3.8, 4) is 0 Å². The van der Waals surface area contributed by atoms with Gasteiger partial charge >= 0.3 is 0 Å². The summed E-state index contributed by atoms with van der Waals surface area (Å²) in [5.41, 5.74) is 3.76. The average Bonchev–Trinajstić information content (AvgIpc) is 2.91. The Morgan fingerprint density at radius 3 is 2.73 bits per heavy atom. The molecule has 0 radical (unpaired) electrons. The molecule has 5 nitrogen and oxygen atoms in total. The largest absolute Gasteiger partial charge is 0.241 e. The molecule has 0 amide bonds. The number of nitrogens with zero attached hydrogens (tertiary/aromatic N) is 2. The third-order valence-corrected chi connectivity index (χ3v) is 5.15. The first kappa shape index (κ1) is 14.7. The zero-order valence-corrected chi connectivity index (χ0v) is 13.3. The van der Waals surface area contributed by atoms with Gasteiger partial charge in [-0.2, -0.15) is 5.10 Å². The fourth-order valence-electron chi connectivity index (χ4n) is 2.26. The fourth-order valence-corrected chi connectivity index (χ4v) is 3.35. The molecule has 3 aromatic rings. The first-order valence-electron chi connectivity index (χ1n) is 6.95. The molecule has 0 bridgehead atoms. The number of pyridine rings is 1. The van der Waals surface area contributed by atoms with Crippen LogP contribution in [0.25, 0.3) is 5.52 Å². The Balaban J connectivity index is 1.84. The van der Waals surface area contributed by atoms with Gasteiger partial charge in [0.25, 0.3) is 0 Å². The SMILES string of the molecule is Cc1ccc(S(=O)(=O)NCc2cnn3ccccc23)cc1C. The first-order valence-corrected chi connectivity index (χ1v) is 8.44. The Bertz CT molecular complexity index is 929. The van der Waals surface area contributed by atoms with Gasteiger partial charge in [-0.1, -0.05) is 12.1 Å². The lowest BCUT2D eigenvalue weighted by Gasteiger charge is -2.08. The van der Waals surface area contributed by atoms with Crippen LogP contribution in [0.3, 0.4) is 0 Å². The highest BCUT2D eigenvalue weighted by Crippen LogP contribution is 2.16. The van der Waals surface area contributed by atoms with Crippen molar-refractivity contribution in [3.05, 3.63) is 65.5 Å². The summed E-state index contributed by atoms with van der Waals surface area (Å²) in [5, 5.41) is 4.20. The molecule has 0 unspecified atom stereocenters. The number of benzene rings is 1. The minimum atomic E-state index is -3.53. The molecule has 114 valence electrons. The van der Waals surface area contributed by atoms with Crippen LogP contribution in [0.4, 0.5) is 0 Å². The Morgan fingerprint density at radius 2 is 1.95 bits per heavy atom. The highest BCUT2D eigenvalue weighted by atomic mass is 32.2. The quantitative estimate of drug-likeness (QED) is 0.804. The van der Waals surface area contributed by atoms with Crippen molar-refractivity contribution < 1.29 is 8.42 Å². The van der Waals surface area contributed by atoms with E-state index < -0.39 is 10.0 Å². The van der Waals surface area contributed by atoms with Gasteiger partial charge in [-0.05, 0) is 49.2 Å². The van der Waals surface area contributed by atoms with Crippen molar-refractivity contribution in [2.75, 3.05) is 0 Å². The molecule has 0 spiro atoms. The zero-order chi connectivity index (χ0) is 15.7. The van der Waals surface area contributed by atoms with E-state index in [2.05, 4.69) is 9.82 Å². The molecular formula is C16H17N3O2S. The van der Waals surface area contributed by atoms with Gasteiger partial charge < -0.3 is 0 Å². The Kier molecular flexibility index (Phi) is 3.72. The molecule has 2 heterocycles. The van der Waals surface area contributed by atoms with E-state index in [4.69, 9.17) is 0 Å². The summed E-state index contributed by atoms with van der Waals surface area (Å²) < 4.78 is 29.1. The van der Waals surface area contributed by atoms with Gasteiger partial charge in [-0.15, -0.1) is 0 Å². The second kappa shape index (κ2) is 5.55. The number of rotatable bonds is 4. The normalized spacial score (nSPS) is 11.9. The van der Waals surface area contributed by atoms with Crippen LogP contribution in [0.1, 0.15) is 16.7 Å². The third kappa shape index (κ3) is 2.75. The van der Waals surface area contributed by atoms with Crippen molar-refractivity contribution in [2.45, 2.75) is 25.3 Å². The molecule has 3 rings (SSSR count). The van der Waals surface area contributed by atoms with Gasteiger partial charge in [0, 0.05) is 18.3 Å². The molecule has 6 heteroatoms. The van der Waals surface area contributed by atoms with Gasteiger partial charge in [-0.25, -0.2) is 17.7 Å². The summed E-state index contributed by atoms with van der Waals surface area (Å²) in [4.78, 5) is 0.284. The molecule has 0 saturated heterocycles. The van der Waals surface area contributed by atoms with Crippen LogP contribution < -0.4 is 4.72 Å². The maximum absolute atomic E-state index is 12.4. The monoisotopic (exact) mass is 315 g/mol. The lowest BCUT2D eigenvalue weighted by atomic mass is 10.1. The average molecular weight is 315 g/mol. The Morgan fingerprint density at radius 1 is 1.14 bits per heavy atom. The fraction of sp³-hybridized carbons (Fsp3) is 0.188. The first-order chi connectivity index (χ1) is 10.5. The van der Waals surface area contributed by atoms with Crippen LogP contribution in [0.2, 0.25) is 0 Å². The van der Waals surface area contributed by atoms with Crippen LogP contribution >= 0.6 is 0 Å². The lowest BCUT2D eigenvalue weighted by Crippen LogP contribution is -2.23. The van der Waals surface area contributed by atoms with E-state index >= 15 is 0 Å². The van der Waals surface area contributed by atoms with E-state index in [0.29, 0.717) is 0 Å². The molecule has 1 aromatic carbocycles. The molecule has 2 aromatic heterocycles. The van der Waals surface area contributed by atoms with Crippen molar-refractivity contribution in [3.63, 3.8) is 0 Å². The second-order valence-corrected chi connectivity index (χ2v) is 7.04. The lowest BCUT2D eigenvalue weighted by molar-refractivity contribution is 0.581. The van der Waals surface area contributed by atoms with Gasteiger partial charge in [0.15, 0.2) is 0 Å². The van der Waals surface area contributed by atoms with Gasteiger partial charge in [-0.3, -0.25) is 0 Å². The summed E-state index contributed by atoms with van der Waals surface area (Å²) in [6.07, 6.45) is 3.51. The molecule has 1 N–H and O–H groups in total. The molecular weight excluding hydrogens is 298 g/mol. The van der Waals surface area contributed by atoms with Crippen molar-refractivity contribution >= 4 is 15.5 Å². The molecule has 0 saturated carbocycles. The van der Waals surface area contributed by atoms with E-state index in [0.717, 1.165) is 22.2 Å². The summed E-state index contributed by atoms with van der Waals surface area (Å²) >= 11 is 0. The summed E-state index contributed by atoms with van der Waals surface area (Å²) in [5.74, 6) is 0. The summed E-state index contributed by atoms with van der Waals surface area (Å²) in [6, 6.07) is 10.8. The van der Waals surface area contributed by atoms with Gasteiger partial charge in [0.05, 0.1) is 16.6 Å². The maximum Gasteiger partial charge on any atom is 0.240 e. The van der Waals surface area contributed by atoms with Crippen molar-refractivity contribution in [2.24, 2.45) is 0 Å². The number of sulfonamides is 1. The predicted octanol–water partition coefficient (Wildman–Crippen LogP) is 2.43. The highest BCUT2D eigenvalue weighted by Gasteiger charge is 2.15. The highest BCUT2D eigenvalue weighted by molar-refractivity contribution is 7.89. The standard InChI is InChI=1S/C16H17N3O2S/c1-12-6-7-15(9-13(12)2)22(20,21)18-11-14-10-17-19-8-4-3-5-16(14)19/h3-10,18H,11H2,1-2H3. The smallest absolute Gasteiger partial charge is 0.240 e. The van der Waals surface area contributed by atoms with E-state index in [9.17, 15) is 8.42 Å². The van der Waals surface area contributed by atoms with Crippen molar-refractivity contribution in [1.29, 1.82) is 0 Å². The third-order valence-electron chi connectivity index (χ3n) is 3.75. The number of hydrogen-bond donors (Lipinski definition) is 1. The van der Waals surface area contributed by atoms with Crippen LogP contribution in [0, 0.1) is 13.8 Å². The Labute approximate surface area is 129 Å². The Hall–Kier alpha value is -2.18. The minimum absolute atomic E-state index is 0.211. The van der Waals surface area contributed by atoms with Crippen molar-refractivity contribution in [1.82, 2.24) is 14.3 Å². The van der Waals surface area contributed by atoms with E-state index in [1.54, 1.807) is 22.8 Å². The number of nitrogens with one attached hydrogen (secondary N) is 1. The second-order valence-electron chi connectivity index (χ2n) is 5.27. The number of hydrogen-bond acceptors (Lipinski definition) is 3. The number of aromatic nitrogens is 2. The van der Waals surface area contributed by atoms with Crippen LogP contribution in [-0.4, -0.2) is 18.0 Å². The van der Waals surface area contributed by atoms with Crippen LogP contribution in [0.5, 0.6) is 0 Å². The molecule has 0 aliphatic rings. The maximum atomic E-state index is 12.4. The zero-order valence-electron chi connectivity index (χ0n) is 12.4. The molecule has 0 atom stereocenters.